The maximum Gasteiger partial charge on any atom is 0.254 e. The Morgan fingerprint density at radius 3 is 2.35 bits per heavy atom. The summed E-state index contributed by atoms with van der Waals surface area (Å²) in [5.74, 6) is 0.627. The third-order valence-corrected chi connectivity index (χ3v) is 7.72. The van der Waals surface area contributed by atoms with Gasteiger partial charge in [-0.25, -0.2) is 0 Å². The molecule has 0 spiro atoms. The molecule has 40 heavy (non-hydrogen) atoms. The zero-order valence-corrected chi connectivity index (χ0v) is 23.7. The van der Waals surface area contributed by atoms with Gasteiger partial charge in [-0.05, 0) is 53.3 Å². The summed E-state index contributed by atoms with van der Waals surface area (Å²) >= 11 is 6.44. The minimum absolute atomic E-state index is 0.0311. The standard InChI is InChI=1S/C33H34ClN3O3/c1-24(38)37-18-8-17-35(22-25-9-4-3-5-10-25)19-20-36(23-26-21-27(34)13-15-31(26)37)33(39)30-14-16-32(40-2)29-12-7-6-11-28(29)30/h3-7,9-16,21H,8,17-20,22-23H2,1-2H3. The van der Waals surface area contributed by atoms with Crippen LogP contribution in [0.3, 0.4) is 0 Å². The number of amides is 2. The fraction of sp³-hybridized carbons (Fsp3) is 0.273. The summed E-state index contributed by atoms with van der Waals surface area (Å²) in [6, 6.07) is 27.4. The molecule has 5 rings (SSSR count). The van der Waals surface area contributed by atoms with Gasteiger partial charge in [0.05, 0.1) is 7.11 Å². The molecule has 0 aromatic heterocycles. The van der Waals surface area contributed by atoms with Crippen molar-refractivity contribution in [1.82, 2.24) is 9.80 Å². The lowest BCUT2D eigenvalue weighted by Crippen LogP contribution is -2.38. The van der Waals surface area contributed by atoms with Crippen LogP contribution in [0.15, 0.2) is 84.9 Å². The fourth-order valence-corrected chi connectivity index (χ4v) is 5.68. The first-order valence-corrected chi connectivity index (χ1v) is 14.0. The highest BCUT2D eigenvalue weighted by Gasteiger charge is 2.25. The van der Waals surface area contributed by atoms with Gasteiger partial charge in [-0.3, -0.25) is 14.5 Å². The topological polar surface area (TPSA) is 53.1 Å². The average molecular weight is 556 g/mol. The van der Waals surface area contributed by atoms with Crippen molar-refractivity contribution in [3.63, 3.8) is 0 Å². The van der Waals surface area contributed by atoms with Gasteiger partial charge < -0.3 is 14.5 Å². The molecule has 0 aliphatic carbocycles. The molecule has 0 unspecified atom stereocenters. The number of ether oxygens (including phenoxy) is 1. The van der Waals surface area contributed by atoms with Gasteiger partial charge in [0, 0.05) is 67.9 Å². The van der Waals surface area contributed by atoms with Crippen LogP contribution in [0.4, 0.5) is 5.69 Å². The Kier molecular flexibility index (Phi) is 8.68. The zero-order valence-electron chi connectivity index (χ0n) is 23.0. The number of carbonyl (C=O) groups is 2. The van der Waals surface area contributed by atoms with E-state index in [1.165, 1.54) is 5.56 Å². The van der Waals surface area contributed by atoms with Crippen LogP contribution in [0.1, 0.15) is 34.8 Å². The van der Waals surface area contributed by atoms with E-state index in [2.05, 4.69) is 17.0 Å². The molecule has 0 fully saturated rings. The number of rotatable bonds is 4. The van der Waals surface area contributed by atoms with Crippen LogP contribution < -0.4 is 9.64 Å². The fourth-order valence-electron chi connectivity index (χ4n) is 5.48. The zero-order chi connectivity index (χ0) is 28.1. The molecule has 2 amide bonds. The second-order valence-corrected chi connectivity index (χ2v) is 10.6. The number of fused-ring (bicyclic) bond motifs is 2. The smallest absolute Gasteiger partial charge is 0.254 e. The predicted molar refractivity (Wildman–Crippen MR) is 161 cm³/mol. The van der Waals surface area contributed by atoms with Gasteiger partial charge in [0.15, 0.2) is 0 Å². The number of halogens is 1. The van der Waals surface area contributed by atoms with E-state index in [0.29, 0.717) is 36.8 Å². The highest BCUT2D eigenvalue weighted by molar-refractivity contribution is 6.30. The molecule has 0 N–H and O–H groups in total. The van der Waals surface area contributed by atoms with Crippen molar-refractivity contribution in [2.75, 3.05) is 38.2 Å². The molecule has 0 atom stereocenters. The van der Waals surface area contributed by atoms with Crippen molar-refractivity contribution in [2.24, 2.45) is 0 Å². The Labute approximate surface area is 240 Å². The van der Waals surface area contributed by atoms with Crippen molar-refractivity contribution in [1.29, 1.82) is 0 Å². The van der Waals surface area contributed by atoms with Gasteiger partial charge >= 0.3 is 0 Å². The minimum Gasteiger partial charge on any atom is -0.496 e. The Hall–Kier alpha value is -3.87. The number of nitrogens with zero attached hydrogens (tertiary/aromatic N) is 3. The molecule has 0 saturated carbocycles. The summed E-state index contributed by atoms with van der Waals surface area (Å²) < 4.78 is 5.57. The summed E-state index contributed by atoms with van der Waals surface area (Å²) in [6.07, 6.45) is 0.811. The summed E-state index contributed by atoms with van der Waals surface area (Å²) in [7, 11) is 1.64. The third kappa shape index (κ3) is 6.14. The normalized spacial score (nSPS) is 14.9. The van der Waals surface area contributed by atoms with Gasteiger partial charge in [0.2, 0.25) is 5.91 Å². The largest absolute Gasteiger partial charge is 0.496 e. The van der Waals surface area contributed by atoms with Crippen molar-refractivity contribution in [3.8, 4) is 5.75 Å². The molecular weight excluding hydrogens is 522 g/mol. The molecule has 7 heteroatoms. The molecule has 0 bridgehead atoms. The molecule has 0 saturated heterocycles. The SMILES string of the molecule is COc1ccc(C(=O)N2CCN(Cc3ccccc3)CCCN(C(C)=O)c3ccc(Cl)cc3C2)c2ccccc12. The van der Waals surface area contributed by atoms with E-state index in [-0.39, 0.29) is 11.8 Å². The summed E-state index contributed by atoms with van der Waals surface area (Å²) in [6.45, 7) is 5.31. The molecule has 0 radical (unpaired) electrons. The number of carbonyl (C=O) groups excluding carboxylic acids is 2. The number of benzene rings is 4. The third-order valence-electron chi connectivity index (χ3n) is 7.49. The number of hydrogen-bond acceptors (Lipinski definition) is 4. The number of hydrogen-bond donors (Lipinski definition) is 0. The van der Waals surface area contributed by atoms with Gasteiger partial charge in [-0.15, -0.1) is 0 Å². The van der Waals surface area contributed by atoms with Gasteiger partial charge in [0.25, 0.3) is 5.91 Å². The van der Waals surface area contributed by atoms with Crippen LogP contribution in [0.5, 0.6) is 5.75 Å². The summed E-state index contributed by atoms with van der Waals surface area (Å²) in [4.78, 5) is 33.1. The Morgan fingerprint density at radius 2 is 1.60 bits per heavy atom. The average Bonchev–Trinajstić information content (AvgIpc) is 3.00. The highest BCUT2D eigenvalue weighted by Crippen LogP contribution is 2.31. The lowest BCUT2D eigenvalue weighted by molar-refractivity contribution is -0.116. The summed E-state index contributed by atoms with van der Waals surface area (Å²) in [5.41, 5.74) is 3.49. The van der Waals surface area contributed by atoms with E-state index in [1.807, 2.05) is 76.5 Å². The van der Waals surface area contributed by atoms with Crippen LogP contribution in [0.25, 0.3) is 10.8 Å². The molecule has 4 aromatic rings. The molecular formula is C33H34ClN3O3. The van der Waals surface area contributed by atoms with Gasteiger partial charge in [-0.1, -0.05) is 66.2 Å². The Balaban J connectivity index is 1.55. The maximum atomic E-state index is 14.3. The Bertz CT molecular complexity index is 1510. The monoisotopic (exact) mass is 555 g/mol. The number of anilines is 1. The minimum atomic E-state index is -0.0712. The lowest BCUT2D eigenvalue weighted by Gasteiger charge is -2.29. The molecule has 1 aliphatic heterocycles. The van der Waals surface area contributed by atoms with Crippen LogP contribution in [-0.4, -0.2) is 54.9 Å². The van der Waals surface area contributed by atoms with Gasteiger partial charge in [0.1, 0.15) is 5.75 Å². The van der Waals surface area contributed by atoms with E-state index in [0.717, 1.165) is 47.3 Å². The summed E-state index contributed by atoms with van der Waals surface area (Å²) in [5, 5.41) is 2.31. The van der Waals surface area contributed by atoms with E-state index in [4.69, 9.17) is 16.3 Å². The van der Waals surface area contributed by atoms with Crippen molar-refractivity contribution < 1.29 is 14.3 Å². The first-order valence-electron chi connectivity index (χ1n) is 13.6. The first-order chi connectivity index (χ1) is 19.4. The van der Waals surface area contributed by atoms with Crippen molar-refractivity contribution in [2.45, 2.75) is 26.4 Å². The first kappa shape index (κ1) is 27.7. The highest BCUT2D eigenvalue weighted by atomic mass is 35.5. The Morgan fingerprint density at radius 1 is 0.850 bits per heavy atom. The molecule has 206 valence electrons. The second kappa shape index (κ2) is 12.5. The molecule has 4 aromatic carbocycles. The van der Waals surface area contributed by atoms with Crippen LogP contribution in [-0.2, 0) is 17.9 Å². The molecule has 6 nitrogen and oxygen atoms in total. The number of methoxy groups -OCH3 is 1. The van der Waals surface area contributed by atoms with Crippen molar-refractivity contribution in [3.05, 3.63) is 107 Å². The molecule has 1 aliphatic rings. The van der Waals surface area contributed by atoms with Gasteiger partial charge in [-0.2, -0.15) is 0 Å². The van der Waals surface area contributed by atoms with E-state index in [1.54, 1.807) is 20.1 Å². The van der Waals surface area contributed by atoms with Crippen LogP contribution in [0.2, 0.25) is 5.02 Å². The van der Waals surface area contributed by atoms with E-state index < -0.39 is 0 Å². The van der Waals surface area contributed by atoms with E-state index >= 15 is 0 Å². The van der Waals surface area contributed by atoms with Crippen molar-refractivity contribution >= 4 is 39.9 Å². The second-order valence-electron chi connectivity index (χ2n) is 10.1. The predicted octanol–water partition coefficient (Wildman–Crippen LogP) is 6.40. The quantitative estimate of drug-likeness (QED) is 0.292. The lowest BCUT2D eigenvalue weighted by atomic mass is 10.0. The van der Waals surface area contributed by atoms with E-state index in [9.17, 15) is 9.59 Å². The maximum absolute atomic E-state index is 14.3. The van der Waals surface area contributed by atoms with Crippen LogP contribution >= 0.6 is 11.6 Å². The molecule has 1 heterocycles. The van der Waals surface area contributed by atoms with Crippen LogP contribution in [0, 0.1) is 0 Å².